The lowest BCUT2D eigenvalue weighted by atomic mass is 9.97. The third kappa shape index (κ3) is 2.75. The van der Waals surface area contributed by atoms with Crippen LogP contribution in [0.2, 0.25) is 0 Å². The minimum atomic E-state index is 0.701. The van der Waals surface area contributed by atoms with Gasteiger partial charge in [-0.15, -0.1) is 0 Å². The minimum absolute atomic E-state index is 0.701. The fraction of sp³-hybridized carbons (Fsp3) is 0.692. The van der Waals surface area contributed by atoms with E-state index in [2.05, 4.69) is 20.2 Å². The van der Waals surface area contributed by atoms with E-state index in [1.807, 2.05) is 18.5 Å². The van der Waals surface area contributed by atoms with Gasteiger partial charge in [0.25, 0.3) is 0 Å². The van der Waals surface area contributed by atoms with Gasteiger partial charge >= 0.3 is 0 Å². The molecule has 2 fully saturated rings. The highest BCUT2D eigenvalue weighted by Crippen LogP contribution is 2.31. The molecular formula is C13H20N4. The number of nitrogens with one attached hydrogen (secondary N) is 1. The molecule has 0 aromatic carbocycles. The van der Waals surface area contributed by atoms with Crippen LogP contribution in [0.15, 0.2) is 18.5 Å². The summed E-state index contributed by atoms with van der Waals surface area (Å²) >= 11 is 0. The number of aromatic nitrogens is 2. The van der Waals surface area contributed by atoms with E-state index >= 15 is 0 Å². The molecule has 0 bridgehead atoms. The van der Waals surface area contributed by atoms with Crippen LogP contribution in [0, 0.1) is 5.92 Å². The van der Waals surface area contributed by atoms with Crippen molar-refractivity contribution < 1.29 is 0 Å². The standard InChI is InChI=1S/C13H20N4/c1-6-15-13(16-7-1)17(12-2-3-12)10-11-4-8-14-9-5-11/h1,6-7,11-12,14H,2-5,8-10H2. The lowest BCUT2D eigenvalue weighted by Crippen LogP contribution is -2.38. The summed E-state index contributed by atoms with van der Waals surface area (Å²) in [6, 6.07) is 2.59. The SMILES string of the molecule is c1cnc(N(CC2CCNCC2)C2CC2)nc1. The van der Waals surface area contributed by atoms with Crippen molar-refractivity contribution >= 4 is 5.95 Å². The summed E-state index contributed by atoms with van der Waals surface area (Å²) in [6.07, 6.45) is 8.89. The number of hydrogen-bond donors (Lipinski definition) is 1. The molecular weight excluding hydrogens is 212 g/mol. The highest BCUT2D eigenvalue weighted by atomic mass is 15.3. The Balaban J connectivity index is 1.67. The Kier molecular flexibility index (Phi) is 3.22. The van der Waals surface area contributed by atoms with Crippen molar-refractivity contribution in [3.63, 3.8) is 0 Å². The van der Waals surface area contributed by atoms with Crippen molar-refractivity contribution in [2.75, 3.05) is 24.5 Å². The molecule has 0 amide bonds. The third-order valence-electron chi connectivity index (χ3n) is 3.71. The van der Waals surface area contributed by atoms with Gasteiger partial charge in [0.15, 0.2) is 0 Å². The molecule has 17 heavy (non-hydrogen) atoms. The van der Waals surface area contributed by atoms with E-state index in [1.165, 1.54) is 38.8 Å². The first-order valence-electron chi connectivity index (χ1n) is 6.68. The Morgan fingerprint density at radius 2 is 1.82 bits per heavy atom. The van der Waals surface area contributed by atoms with E-state index in [4.69, 9.17) is 0 Å². The second-order valence-electron chi connectivity index (χ2n) is 5.13. The maximum atomic E-state index is 4.41. The molecule has 2 aliphatic rings. The highest BCUT2D eigenvalue weighted by molar-refractivity contribution is 5.33. The topological polar surface area (TPSA) is 41.1 Å². The van der Waals surface area contributed by atoms with Gasteiger partial charge in [0, 0.05) is 25.0 Å². The molecule has 0 spiro atoms. The number of piperidine rings is 1. The molecule has 0 unspecified atom stereocenters. The van der Waals surface area contributed by atoms with Crippen LogP contribution < -0.4 is 10.2 Å². The number of rotatable bonds is 4. The summed E-state index contributed by atoms with van der Waals surface area (Å²) in [6.45, 7) is 3.47. The normalized spacial score (nSPS) is 21.4. The van der Waals surface area contributed by atoms with Gasteiger partial charge in [-0.1, -0.05) is 0 Å². The van der Waals surface area contributed by atoms with E-state index in [-0.39, 0.29) is 0 Å². The fourth-order valence-corrected chi connectivity index (χ4v) is 2.56. The first-order chi connectivity index (χ1) is 8.43. The molecule has 3 rings (SSSR count). The summed E-state index contributed by atoms with van der Waals surface area (Å²) in [7, 11) is 0. The van der Waals surface area contributed by atoms with Crippen LogP contribution >= 0.6 is 0 Å². The zero-order chi connectivity index (χ0) is 11.5. The molecule has 1 N–H and O–H groups in total. The van der Waals surface area contributed by atoms with Crippen LogP contribution in [0.5, 0.6) is 0 Å². The van der Waals surface area contributed by atoms with Crippen molar-refractivity contribution in [2.24, 2.45) is 5.92 Å². The predicted molar refractivity (Wildman–Crippen MR) is 68.0 cm³/mol. The minimum Gasteiger partial charge on any atom is -0.338 e. The van der Waals surface area contributed by atoms with Crippen LogP contribution in [0.3, 0.4) is 0 Å². The predicted octanol–water partition coefficient (Wildman–Crippen LogP) is 1.45. The van der Waals surface area contributed by atoms with Gasteiger partial charge in [-0.25, -0.2) is 9.97 Å². The molecule has 0 radical (unpaired) electrons. The second-order valence-corrected chi connectivity index (χ2v) is 5.13. The fourth-order valence-electron chi connectivity index (χ4n) is 2.56. The lowest BCUT2D eigenvalue weighted by molar-refractivity contribution is 0.371. The zero-order valence-electron chi connectivity index (χ0n) is 10.2. The first-order valence-corrected chi connectivity index (χ1v) is 6.68. The first kappa shape index (κ1) is 11.0. The molecule has 2 heterocycles. The van der Waals surface area contributed by atoms with Gasteiger partial charge in [0.05, 0.1) is 0 Å². The molecule has 4 heteroatoms. The Morgan fingerprint density at radius 1 is 1.12 bits per heavy atom. The maximum Gasteiger partial charge on any atom is 0.225 e. The lowest BCUT2D eigenvalue weighted by Gasteiger charge is -2.30. The molecule has 1 aromatic heterocycles. The van der Waals surface area contributed by atoms with E-state index < -0.39 is 0 Å². The van der Waals surface area contributed by atoms with Crippen molar-refractivity contribution in [1.82, 2.24) is 15.3 Å². The number of hydrogen-bond acceptors (Lipinski definition) is 4. The van der Waals surface area contributed by atoms with Crippen LogP contribution in [0.25, 0.3) is 0 Å². The molecule has 1 aliphatic heterocycles. The average molecular weight is 232 g/mol. The Labute approximate surface area is 102 Å². The van der Waals surface area contributed by atoms with Crippen LogP contribution in [0.1, 0.15) is 25.7 Å². The molecule has 1 aliphatic carbocycles. The summed E-state index contributed by atoms with van der Waals surface area (Å²) in [5, 5.41) is 3.42. The zero-order valence-corrected chi connectivity index (χ0v) is 10.2. The quantitative estimate of drug-likeness (QED) is 0.853. The van der Waals surface area contributed by atoms with Crippen molar-refractivity contribution in [3.8, 4) is 0 Å². The van der Waals surface area contributed by atoms with Crippen LogP contribution in [0.4, 0.5) is 5.95 Å². The van der Waals surface area contributed by atoms with Gasteiger partial charge in [0.1, 0.15) is 0 Å². The molecule has 4 nitrogen and oxygen atoms in total. The molecule has 0 atom stereocenters. The summed E-state index contributed by atoms with van der Waals surface area (Å²) in [5.74, 6) is 1.73. The smallest absolute Gasteiger partial charge is 0.225 e. The summed E-state index contributed by atoms with van der Waals surface area (Å²) < 4.78 is 0. The average Bonchev–Trinajstić information content (AvgIpc) is 3.23. The highest BCUT2D eigenvalue weighted by Gasteiger charge is 2.32. The van der Waals surface area contributed by atoms with E-state index in [1.54, 1.807) is 0 Å². The third-order valence-corrected chi connectivity index (χ3v) is 3.71. The number of nitrogens with zero attached hydrogens (tertiary/aromatic N) is 3. The summed E-state index contributed by atoms with van der Waals surface area (Å²) in [4.78, 5) is 11.2. The maximum absolute atomic E-state index is 4.41. The Hall–Kier alpha value is -1.16. The van der Waals surface area contributed by atoms with Crippen molar-refractivity contribution in [3.05, 3.63) is 18.5 Å². The van der Waals surface area contributed by atoms with Crippen LogP contribution in [-0.2, 0) is 0 Å². The van der Waals surface area contributed by atoms with Gasteiger partial charge in [-0.05, 0) is 50.8 Å². The van der Waals surface area contributed by atoms with Gasteiger partial charge in [-0.3, -0.25) is 0 Å². The van der Waals surface area contributed by atoms with Crippen molar-refractivity contribution in [2.45, 2.75) is 31.7 Å². The van der Waals surface area contributed by atoms with E-state index in [0.29, 0.717) is 6.04 Å². The van der Waals surface area contributed by atoms with E-state index in [9.17, 15) is 0 Å². The Bertz CT molecular complexity index is 344. The van der Waals surface area contributed by atoms with Gasteiger partial charge < -0.3 is 10.2 Å². The van der Waals surface area contributed by atoms with Gasteiger partial charge in [0.2, 0.25) is 5.95 Å². The largest absolute Gasteiger partial charge is 0.338 e. The van der Waals surface area contributed by atoms with Crippen molar-refractivity contribution in [1.29, 1.82) is 0 Å². The van der Waals surface area contributed by atoms with Gasteiger partial charge in [-0.2, -0.15) is 0 Å². The Morgan fingerprint density at radius 3 is 2.47 bits per heavy atom. The molecule has 92 valence electrons. The monoisotopic (exact) mass is 232 g/mol. The molecule has 1 aromatic rings. The molecule has 1 saturated heterocycles. The second kappa shape index (κ2) is 5.00. The molecule has 1 saturated carbocycles. The summed E-state index contributed by atoms with van der Waals surface area (Å²) in [5.41, 5.74) is 0. The van der Waals surface area contributed by atoms with Crippen LogP contribution in [-0.4, -0.2) is 35.6 Å². The van der Waals surface area contributed by atoms with E-state index in [0.717, 1.165) is 18.4 Å². The number of anilines is 1.